The molecule has 8 heteroatoms. The summed E-state index contributed by atoms with van der Waals surface area (Å²) < 4.78 is 5.31. The molecular weight excluding hydrogens is 306 g/mol. The van der Waals surface area contributed by atoms with Crippen molar-refractivity contribution in [2.24, 2.45) is 0 Å². The lowest BCUT2D eigenvalue weighted by molar-refractivity contribution is -0.386. The highest BCUT2D eigenvalue weighted by molar-refractivity contribution is 6.05. The van der Waals surface area contributed by atoms with Crippen molar-refractivity contribution in [2.75, 3.05) is 0 Å². The third-order valence-corrected chi connectivity index (χ3v) is 3.00. The van der Waals surface area contributed by atoms with Gasteiger partial charge in [-0.05, 0) is 17.7 Å². The fourth-order valence-electron chi connectivity index (χ4n) is 2.00. The molecule has 0 aliphatic rings. The van der Waals surface area contributed by atoms with E-state index in [1.165, 1.54) is 0 Å². The standard InChI is InChI=1S/C15H11NO7/c17-14(18)10-6-7-11(13(16(21)22)12(10)15(19)20)23-8-9-4-2-1-3-5-9/h1-7H,8H2,(H,17,18)(H,19,20). The molecule has 0 bridgehead atoms. The molecule has 0 aliphatic heterocycles. The number of ether oxygens (including phenoxy) is 1. The largest absolute Gasteiger partial charge is 0.482 e. The van der Waals surface area contributed by atoms with Crippen molar-refractivity contribution in [1.29, 1.82) is 0 Å². The van der Waals surface area contributed by atoms with Crippen LogP contribution in [-0.2, 0) is 6.61 Å². The number of nitro groups is 1. The van der Waals surface area contributed by atoms with E-state index in [-0.39, 0.29) is 12.4 Å². The Balaban J connectivity index is 2.47. The maximum atomic E-state index is 11.3. The zero-order valence-electron chi connectivity index (χ0n) is 11.6. The van der Waals surface area contributed by atoms with Crippen LogP contribution in [0.5, 0.6) is 5.75 Å². The van der Waals surface area contributed by atoms with E-state index in [2.05, 4.69) is 0 Å². The van der Waals surface area contributed by atoms with Gasteiger partial charge >= 0.3 is 17.6 Å². The van der Waals surface area contributed by atoms with Crippen molar-refractivity contribution in [2.45, 2.75) is 6.61 Å². The molecule has 0 saturated heterocycles. The van der Waals surface area contributed by atoms with Gasteiger partial charge in [-0.2, -0.15) is 0 Å². The first-order valence-corrected chi connectivity index (χ1v) is 6.36. The molecule has 2 N–H and O–H groups in total. The van der Waals surface area contributed by atoms with Crippen LogP contribution in [0.25, 0.3) is 0 Å². The predicted octanol–water partition coefficient (Wildman–Crippen LogP) is 2.57. The van der Waals surface area contributed by atoms with Crippen molar-refractivity contribution in [3.63, 3.8) is 0 Å². The number of carboxylic acid groups (broad SMARTS) is 2. The second-order valence-electron chi connectivity index (χ2n) is 4.48. The van der Waals surface area contributed by atoms with E-state index in [9.17, 15) is 19.7 Å². The molecule has 0 spiro atoms. The number of benzene rings is 2. The molecule has 0 fully saturated rings. The van der Waals surface area contributed by atoms with Gasteiger partial charge in [-0.15, -0.1) is 0 Å². The average Bonchev–Trinajstić information content (AvgIpc) is 2.52. The van der Waals surface area contributed by atoms with Gasteiger partial charge < -0.3 is 14.9 Å². The number of hydrogen-bond acceptors (Lipinski definition) is 5. The van der Waals surface area contributed by atoms with Crippen molar-refractivity contribution in [3.8, 4) is 5.75 Å². The van der Waals surface area contributed by atoms with E-state index in [1.54, 1.807) is 30.3 Å². The Morgan fingerprint density at radius 1 is 1.04 bits per heavy atom. The summed E-state index contributed by atoms with van der Waals surface area (Å²) in [7, 11) is 0. The maximum Gasteiger partial charge on any atom is 0.343 e. The number of nitrogens with zero attached hydrogens (tertiary/aromatic N) is 1. The first kappa shape index (κ1) is 16.0. The van der Waals surface area contributed by atoms with Crippen LogP contribution in [0.15, 0.2) is 42.5 Å². The molecule has 0 amide bonds. The Bertz CT molecular complexity index is 771. The number of carbonyl (C=O) groups is 2. The minimum atomic E-state index is -1.71. The summed E-state index contributed by atoms with van der Waals surface area (Å²) >= 11 is 0. The number of nitro benzene ring substituents is 1. The highest BCUT2D eigenvalue weighted by atomic mass is 16.6. The SMILES string of the molecule is O=C(O)c1ccc(OCc2ccccc2)c([N+](=O)[O-])c1C(=O)O. The molecule has 2 aromatic rings. The molecule has 0 atom stereocenters. The van der Waals surface area contributed by atoms with E-state index in [0.29, 0.717) is 0 Å². The highest BCUT2D eigenvalue weighted by Crippen LogP contribution is 2.34. The smallest absolute Gasteiger partial charge is 0.343 e. The van der Waals surface area contributed by atoms with Gasteiger partial charge in [-0.25, -0.2) is 9.59 Å². The van der Waals surface area contributed by atoms with Crippen LogP contribution in [0.1, 0.15) is 26.3 Å². The first-order valence-electron chi connectivity index (χ1n) is 6.36. The number of rotatable bonds is 6. The lowest BCUT2D eigenvalue weighted by Crippen LogP contribution is -2.12. The number of carboxylic acids is 2. The number of hydrogen-bond donors (Lipinski definition) is 2. The van der Waals surface area contributed by atoms with Crippen LogP contribution < -0.4 is 4.74 Å². The topological polar surface area (TPSA) is 127 Å². The van der Waals surface area contributed by atoms with Crippen molar-refractivity contribution in [3.05, 3.63) is 69.3 Å². The van der Waals surface area contributed by atoms with E-state index in [0.717, 1.165) is 17.7 Å². The van der Waals surface area contributed by atoms with Crippen LogP contribution in [-0.4, -0.2) is 27.1 Å². The van der Waals surface area contributed by atoms with Gasteiger partial charge in [0.25, 0.3) is 0 Å². The lowest BCUT2D eigenvalue weighted by Gasteiger charge is -2.10. The molecule has 0 unspecified atom stereocenters. The Morgan fingerprint density at radius 3 is 2.22 bits per heavy atom. The second kappa shape index (κ2) is 6.56. The van der Waals surface area contributed by atoms with Gasteiger partial charge in [0.2, 0.25) is 0 Å². The molecule has 2 aromatic carbocycles. The quantitative estimate of drug-likeness (QED) is 0.619. The van der Waals surface area contributed by atoms with Crippen molar-refractivity contribution < 1.29 is 29.5 Å². The zero-order chi connectivity index (χ0) is 17.0. The molecule has 23 heavy (non-hydrogen) atoms. The van der Waals surface area contributed by atoms with Crippen LogP contribution in [0.3, 0.4) is 0 Å². The monoisotopic (exact) mass is 317 g/mol. The summed E-state index contributed by atoms with van der Waals surface area (Å²) in [6.07, 6.45) is 0. The molecule has 0 heterocycles. The van der Waals surface area contributed by atoms with Gasteiger partial charge in [0.05, 0.1) is 10.5 Å². The summed E-state index contributed by atoms with van der Waals surface area (Å²) in [5, 5.41) is 29.3. The molecule has 2 rings (SSSR count). The Hall–Kier alpha value is -3.42. The maximum absolute atomic E-state index is 11.3. The minimum Gasteiger partial charge on any atom is -0.482 e. The predicted molar refractivity (Wildman–Crippen MR) is 77.8 cm³/mol. The van der Waals surface area contributed by atoms with E-state index in [4.69, 9.17) is 14.9 Å². The minimum absolute atomic E-state index is 0.0207. The molecule has 0 aromatic heterocycles. The van der Waals surface area contributed by atoms with Crippen LogP contribution in [0.4, 0.5) is 5.69 Å². The molecule has 0 saturated carbocycles. The van der Waals surface area contributed by atoms with Crippen LogP contribution in [0, 0.1) is 10.1 Å². The van der Waals surface area contributed by atoms with Crippen molar-refractivity contribution >= 4 is 17.6 Å². The van der Waals surface area contributed by atoms with E-state index in [1.807, 2.05) is 0 Å². The highest BCUT2D eigenvalue weighted by Gasteiger charge is 2.31. The van der Waals surface area contributed by atoms with Crippen molar-refractivity contribution in [1.82, 2.24) is 0 Å². The Labute approximate surface area is 129 Å². The molecular formula is C15H11NO7. The first-order chi connectivity index (χ1) is 10.9. The summed E-state index contributed by atoms with van der Waals surface area (Å²) in [5.41, 5.74) is -1.74. The molecule has 8 nitrogen and oxygen atoms in total. The molecule has 0 aliphatic carbocycles. The van der Waals surface area contributed by atoms with E-state index < -0.39 is 33.7 Å². The Morgan fingerprint density at radius 2 is 1.70 bits per heavy atom. The molecule has 0 radical (unpaired) electrons. The van der Waals surface area contributed by atoms with Crippen LogP contribution in [0.2, 0.25) is 0 Å². The summed E-state index contributed by atoms with van der Waals surface area (Å²) in [5.74, 6) is -3.58. The number of aromatic carboxylic acids is 2. The van der Waals surface area contributed by atoms with Gasteiger partial charge in [-0.3, -0.25) is 10.1 Å². The van der Waals surface area contributed by atoms with Gasteiger partial charge in [-0.1, -0.05) is 30.3 Å². The summed E-state index contributed by atoms with van der Waals surface area (Å²) in [6.45, 7) is -0.0207. The summed E-state index contributed by atoms with van der Waals surface area (Å²) in [6, 6.07) is 10.8. The third kappa shape index (κ3) is 3.43. The third-order valence-electron chi connectivity index (χ3n) is 3.00. The average molecular weight is 317 g/mol. The fourth-order valence-corrected chi connectivity index (χ4v) is 2.00. The van der Waals surface area contributed by atoms with E-state index >= 15 is 0 Å². The van der Waals surface area contributed by atoms with Crippen LogP contribution >= 0.6 is 0 Å². The fraction of sp³-hybridized carbons (Fsp3) is 0.0667. The summed E-state index contributed by atoms with van der Waals surface area (Å²) in [4.78, 5) is 32.6. The van der Waals surface area contributed by atoms with Gasteiger partial charge in [0, 0.05) is 0 Å². The lowest BCUT2D eigenvalue weighted by atomic mass is 10.0. The molecule has 118 valence electrons. The second-order valence-corrected chi connectivity index (χ2v) is 4.48. The zero-order valence-corrected chi connectivity index (χ0v) is 11.6. The van der Waals surface area contributed by atoms with Gasteiger partial charge in [0.1, 0.15) is 6.61 Å². The Kier molecular flexibility index (Phi) is 4.55. The van der Waals surface area contributed by atoms with Gasteiger partial charge in [0.15, 0.2) is 11.3 Å². The normalized spacial score (nSPS) is 10.1.